The monoisotopic (exact) mass is 318 g/mol. The number of ketones is 1. The highest BCUT2D eigenvalue weighted by Gasteiger charge is 2.31. The van der Waals surface area contributed by atoms with Crippen LogP contribution in [0.15, 0.2) is 42.5 Å². The lowest BCUT2D eigenvalue weighted by atomic mass is 9.72. The molecule has 1 aliphatic carbocycles. The first-order valence-electron chi connectivity index (χ1n) is 7.90. The minimum Gasteiger partial charge on any atom is -0.478 e. The van der Waals surface area contributed by atoms with Crippen LogP contribution in [0.5, 0.6) is 0 Å². The molecule has 2 aromatic rings. The molecule has 3 heteroatoms. The van der Waals surface area contributed by atoms with E-state index in [1.165, 1.54) is 0 Å². The smallest absolute Gasteiger partial charge is 0.336 e. The van der Waals surface area contributed by atoms with Gasteiger partial charge in [-0.3, -0.25) is 4.79 Å². The molecular formula is C21H18O3. The zero-order valence-electron chi connectivity index (χ0n) is 13.7. The van der Waals surface area contributed by atoms with E-state index in [-0.39, 0.29) is 16.8 Å². The van der Waals surface area contributed by atoms with Gasteiger partial charge in [-0.2, -0.15) is 0 Å². The molecule has 120 valence electrons. The van der Waals surface area contributed by atoms with Crippen molar-refractivity contribution in [3.8, 4) is 11.8 Å². The average molecular weight is 318 g/mol. The average Bonchev–Trinajstić information content (AvgIpc) is 2.57. The summed E-state index contributed by atoms with van der Waals surface area (Å²) in [6.45, 7) is 4.27. The Hall–Kier alpha value is -2.86. The number of carboxylic acids is 1. The van der Waals surface area contributed by atoms with Crippen LogP contribution < -0.4 is 0 Å². The second-order valence-electron chi connectivity index (χ2n) is 6.67. The Labute approximate surface area is 141 Å². The number of carbonyl (C=O) groups excluding carboxylic acids is 1. The SMILES string of the molecule is CC1(C)CCC(=O)c2ccc(C#Cc3ccccc3C(=O)O)cc21. The topological polar surface area (TPSA) is 54.4 Å². The van der Waals surface area contributed by atoms with Crippen molar-refractivity contribution in [1.29, 1.82) is 0 Å². The number of fused-ring (bicyclic) bond motifs is 1. The van der Waals surface area contributed by atoms with Crippen LogP contribution in [0.25, 0.3) is 0 Å². The number of rotatable bonds is 1. The fourth-order valence-electron chi connectivity index (χ4n) is 3.04. The number of hydrogen-bond acceptors (Lipinski definition) is 2. The van der Waals surface area contributed by atoms with Gasteiger partial charge in [-0.25, -0.2) is 4.79 Å². The molecule has 0 saturated heterocycles. The van der Waals surface area contributed by atoms with Gasteiger partial charge in [0.25, 0.3) is 0 Å². The second kappa shape index (κ2) is 5.98. The van der Waals surface area contributed by atoms with Crippen molar-refractivity contribution in [3.05, 3.63) is 70.3 Å². The molecule has 0 heterocycles. The van der Waals surface area contributed by atoms with E-state index in [1.54, 1.807) is 24.3 Å². The van der Waals surface area contributed by atoms with Crippen molar-refractivity contribution < 1.29 is 14.7 Å². The zero-order chi connectivity index (χ0) is 17.3. The van der Waals surface area contributed by atoms with Crippen LogP contribution in [-0.2, 0) is 5.41 Å². The largest absolute Gasteiger partial charge is 0.478 e. The van der Waals surface area contributed by atoms with Crippen LogP contribution in [0, 0.1) is 11.8 Å². The van der Waals surface area contributed by atoms with E-state index in [1.807, 2.05) is 18.2 Å². The van der Waals surface area contributed by atoms with Crippen LogP contribution in [0.2, 0.25) is 0 Å². The Balaban J connectivity index is 2.03. The quantitative estimate of drug-likeness (QED) is 0.807. The predicted molar refractivity (Wildman–Crippen MR) is 92.4 cm³/mol. The van der Waals surface area contributed by atoms with Gasteiger partial charge in [-0.1, -0.05) is 37.8 Å². The molecule has 1 N–H and O–H groups in total. The number of carbonyl (C=O) groups is 2. The number of benzene rings is 2. The van der Waals surface area contributed by atoms with E-state index in [2.05, 4.69) is 25.7 Å². The van der Waals surface area contributed by atoms with Crippen LogP contribution >= 0.6 is 0 Å². The van der Waals surface area contributed by atoms with Gasteiger partial charge < -0.3 is 5.11 Å². The van der Waals surface area contributed by atoms with Crippen LogP contribution in [-0.4, -0.2) is 16.9 Å². The number of Topliss-reactive ketones (excluding diaryl/α,β-unsaturated/α-hetero) is 1. The molecule has 0 aromatic heterocycles. The Morgan fingerprint density at radius 3 is 2.62 bits per heavy atom. The first-order chi connectivity index (χ1) is 11.4. The molecule has 0 fully saturated rings. The normalized spacial score (nSPS) is 15.2. The molecule has 0 bridgehead atoms. The molecule has 0 radical (unpaired) electrons. The molecule has 2 aromatic carbocycles. The van der Waals surface area contributed by atoms with Crippen LogP contribution in [0.4, 0.5) is 0 Å². The van der Waals surface area contributed by atoms with E-state index in [4.69, 9.17) is 0 Å². The Morgan fingerprint density at radius 2 is 1.88 bits per heavy atom. The highest BCUT2D eigenvalue weighted by molar-refractivity contribution is 5.99. The molecule has 0 saturated carbocycles. The van der Waals surface area contributed by atoms with E-state index < -0.39 is 5.97 Å². The fourth-order valence-corrected chi connectivity index (χ4v) is 3.04. The van der Waals surface area contributed by atoms with Crippen molar-refractivity contribution in [3.63, 3.8) is 0 Å². The lowest BCUT2D eigenvalue weighted by Gasteiger charge is -2.31. The van der Waals surface area contributed by atoms with Gasteiger partial charge in [0.1, 0.15) is 0 Å². The molecule has 0 aliphatic heterocycles. The molecule has 3 nitrogen and oxygen atoms in total. The Kier molecular flexibility index (Phi) is 3.99. The maximum atomic E-state index is 12.1. The minimum absolute atomic E-state index is 0.0556. The Morgan fingerprint density at radius 1 is 1.12 bits per heavy atom. The van der Waals surface area contributed by atoms with Crippen LogP contribution in [0.1, 0.15) is 64.1 Å². The minimum atomic E-state index is -0.989. The Bertz CT molecular complexity index is 895. The summed E-state index contributed by atoms with van der Waals surface area (Å²) in [5, 5.41) is 9.21. The summed E-state index contributed by atoms with van der Waals surface area (Å²) < 4.78 is 0. The summed E-state index contributed by atoms with van der Waals surface area (Å²) in [5.74, 6) is 5.17. The van der Waals surface area contributed by atoms with Gasteiger partial charge in [0.15, 0.2) is 5.78 Å². The summed E-state index contributed by atoms with van der Waals surface area (Å²) in [5.41, 5.74) is 3.22. The van der Waals surface area contributed by atoms with Gasteiger partial charge in [-0.05, 0) is 47.7 Å². The van der Waals surface area contributed by atoms with Crippen molar-refractivity contribution in [2.24, 2.45) is 0 Å². The van der Waals surface area contributed by atoms with Crippen molar-refractivity contribution in [2.45, 2.75) is 32.1 Å². The van der Waals surface area contributed by atoms with Gasteiger partial charge in [0.05, 0.1) is 5.56 Å². The molecule has 3 rings (SSSR count). The first kappa shape index (κ1) is 16.0. The zero-order valence-corrected chi connectivity index (χ0v) is 13.7. The van der Waals surface area contributed by atoms with Gasteiger partial charge in [-0.15, -0.1) is 0 Å². The van der Waals surface area contributed by atoms with Crippen molar-refractivity contribution >= 4 is 11.8 Å². The molecule has 0 amide bonds. The van der Waals surface area contributed by atoms with Crippen molar-refractivity contribution in [2.75, 3.05) is 0 Å². The van der Waals surface area contributed by atoms with Gasteiger partial charge in [0, 0.05) is 23.1 Å². The van der Waals surface area contributed by atoms with E-state index in [9.17, 15) is 14.7 Å². The highest BCUT2D eigenvalue weighted by Crippen LogP contribution is 2.37. The van der Waals surface area contributed by atoms with E-state index in [0.717, 1.165) is 23.1 Å². The summed E-state index contributed by atoms with van der Waals surface area (Å²) in [7, 11) is 0. The molecular weight excluding hydrogens is 300 g/mol. The summed E-state index contributed by atoms with van der Waals surface area (Å²) in [6.07, 6.45) is 1.41. The second-order valence-corrected chi connectivity index (χ2v) is 6.67. The lowest BCUT2D eigenvalue weighted by Crippen LogP contribution is -2.27. The predicted octanol–water partition coefficient (Wildman–Crippen LogP) is 4.04. The molecule has 1 aliphatic rings. The highest BCUT2D eigenvalue weighted by atomic mass is 16.4. The maximum Gasteiger partial charge on any atom is 0.336 e. The fraction of sp³-hybridized carbons (Fsp3) is 0.238. The molecule has 0 spiro atoms. The van der Waals surface area contributed by atoms with E-state index in [0.29, 0.717) is 12.0 Å². The lowest BCUT2D eigenvalue weighted by molar-refractivity contribution is 0.0696. The third kappa shape index (κ3) is 2.96. The molecule has 24 heavy (non-hydrogen) atoms. The first-order valence-corrected chi connectivity index (χ1v) is 7.90. The third-order valence-corrected chi connectivity index (χ3v) is 4.53. The standard InChI is InChI=1S/C21H18O3/c1-21(2)12-11-19(22)17-10-8-14(13-18(17)21)7-9-15-5-3-4-6-16(15)20(23)24/h3-6,8,10,13H,11-12H2,1-2H3,(H,23,24). The van der Waals surface area contributed by atoms with Crippen molar-refractivity contribution in [1.82, 2.24) is 0 Å². The van der Waals surface area contributed by atoms with Crippen LogP contribution in [0.3, 0.4) is 0 Å². The summed E-state index contributed by atoms with van der Waals surface area (Å²) in [6, 6.07) is 12.3. The molecule has 0 atom stereocenters. The molecule has 0 unspecified atom stereocenters. The van der Waals surface area contributed by atoms with Gasteiger partial charge >= 0.3 is 5.97 Å². The summed E-state index contributed by atoms with van der Waals surface area (Å²) in [4.78, 5) is 23.3. The number of aromatic carboxylic acids is 1. The third-order valence-electron chi connectivity index (χ3n) is 4.53. The number of carboxylic acid groups (broad SMARTS) is 1. The van der Waals surface area contributed by atoms with Gasteiger partial charge in [0.2, 0.25) is 0 Å². The maximum absolute atomic E-state index is 12.1. The number of hydrogen-bond donors (Lipinski definition) is 1. The summed E-state index contributed by atoms with van der Waals surface area (Å²) >= 11 is 0. The van der Waals surface area contributed by atoms with E-state index >= 15 is 0 Å².